The van der Waals surface area contributed by atoms with E-state index in [-0.39, 0.29) is 5.60 Å². The second-order valence-electron chi connectivity index (χ2n) is 9.50. The molecule has 33 heavy (non-hydrogen) atoms. The van der Waals surface area contributed by atoms with Crippen molar-refractivity contribution in [2.75, 3.05) is 11.4 Å². The fourth-order valence-corrected chi connectivity index (χ4v) is 5.11. The molecule has 5 rings (SSSR count). The van der Waals surface area contributed by atoms with Gasteiger partial charge in [0.05, 0.1) is 6.54 Å². The highest BCUT2D eigenvalue weighted by Gasteiger charge is 2.37. The summed E-state index contributed by atoms with van der Waals surface area (Å²) >= 11 is 0. The van der Waals surface area contributed by atoms with Crippen LogP contribution in [-0.4, -0.2) is 17.3 Å². The lowest BCUT2D eigenvalue weighted by molar-refractivity contribution is 0.0724. The van der Waals surface area contributed by atoms with Crippen LogP contribution < -0.4 is 9.64 Å². The molecule has 168 valence electrons. The minimum absolute atomic E-state index is 0.375. The zero-order chi connectivity index (χ0) is 23.2. The molecule has 4 aromatic carbocycles. The molecule has 1 heterocycles. The van der Waals surface area contributed by atoms with Gasteiger partial charge in [-0.2, -0.15) is 0 Å². The topological polar surface area (TPSA) is 32.7 Å². The molecule has 1 N–H and O–H groups in total. The molecule has 1 aliphatic heterocycles. The molecule has 3 heteroatoms. The number of aromatic hydroxyl groups is 1. The third-order valence-electron chi connectivity index (χ3n) is 7.21. The van der Waals surface area contributed by atoms with Crippen molar-refractivity contribution in [3.63, 3.8) is 0 Å². The number of anilines is 2. The first-order valence-corrected chi connectivity index (χ1v) is 11.7. The number of phenols is 1. The maximum absolute atomic E-state index is 10.6. The van der Waals surface area contributed by atoms with Crippen LogP contribution in [0.1, 0.15) is 35.6 Å². The monoisotopic (exact) mass is 437 g/mol. The fraction of sp³-hybridized carbons (Fsp3) is 0.267. The quantitative estimate of drug-likeness (QED) is 0.361. The number of fused-ring (bicyclic) bond motifs is 2. The van der Waals surface area contributed by atoms with Crippen LogP contribution in [0.2, 0.25) is 0 Å². The molecule has 1 atom stereocenters. The van der Waals surface area contributed by atoms with Crippen LogP contribution in [0.5, 0.6) is 11.5 Å². The molecule has 0 spiro atoms. The number of nitrogens with zero attached hydrogens (tertiary/aromatic N) is 1. The number of hydrogen-bond acceptors (Lipinski definition) is 3. The van der Waals surface area contributed by atoms with Crippen molar-refractivity contribution in [2.24, 2.45) is 0 Å². The summed E-state index contributed by atoms with van der Waals surface area (Å²) in [6.45, 7) is 8.97. The van der Waals surface area contributed by atoms with Gasteiger partial charge in [0.25, 0.3) is 0 Å². The zero-order valence-corrected chi connectivity index (χ0v) is 19.9. The van der Waals surface area contributed by atoms with E-state index in [0.29, 0.717) is 5.75 Å². The van der Waals surface area contributed by atoms with E-state index < -0.39 is 0 Å². The van der Waals surface area contributed by atoms with Gasteiger partial charge in [-0.3, -0.25) is 0 Å². The lowest BCUT2D eigenvalue weighted by atomic mass is 9.86. The van der Waals surface area contributed by atoms with E-state index in [0.717, 1.165) is 53.1 Å². The molecule has 4 aromatic rings. The van der Waals surface area contributed by atoms with Crippen LogP contribution in [0, 0.1) is 20.8 Å². The number of benzene rings is 4. The van der Waals surface area contributed by atoms with Crippen LogP contribution in [0.25, 0.3) is 10.8 Å². The molecule has 3 nitrogen and oxygen atoms in total. The maximum atomic E-state index is 10.6. The molecular weight excluding hydrogens is 406 g/mol. The second kappa shape index (κ2) is 8.15. The third-order valence-corrected chi connectivity index (χ3v) is 7.21. The smallest absolute Gasteiger partial charge is 0.127 e. The summed E-state index contributed by atoms with van der Waals surface area (Å²) in [5, 5.41) is 13.0. The third kappa shape index (κ3) is 3.72. The van der Waals surface area contributed by atoms with E-state index in [1.807, 2.05) is 13.8 Å². The van der Waals surface area contributed by atoms with Gasteiger partial charge in [-0.1, -0.05) is 54.6 Å². The summed E-state index contributed by atoms with van der Waals surface area (Å²) in [7, 11) is 0. The number of ether oxygens (including phenoxy) is 1. The highest BCUT2D eigenvalue weighted by molar-refractivity contribution is 5.96. The van der Waals surface area contributed by atoms with Crippen LogP contribution in [0.4, 0.5) is 11.4 Å². The molecule has 0 radical (unpaired) electrons. The molecular formula is C30H31NO2. The Morgan fingerprint density at radius 3 is 2.33 bits per heavy atom. The van der Waals surface area contributed by atoms with Gasteiger partial charge in [0.15, 0.2) is 0 Å². The molecule has 0 aromatic heterocycles. The van der Waals surface area contributed by atoms with Crippen LogP contribution in [0.15, 0.2) is 72.8 Å². The molecule has 1 aliphatic rings. The fourth-order valence-electron chi connectivity index (χ4n) is 5.11. The SMILES string of the molecule is Cc1c(C)c2c(c(C)c1O)CCC(C)(CN(c1ccccc1)c1cccc3ccccc13)O2. The normalized spacial score (nSPS) is 17.5. The molecule has 0 aliphatic carbocycles. The average Bonchev–Trinajstić information content (AvgIpc) is 2.85. The Hall–Kier alpha value is -3.46. The molecule has 0 bridgehead atoms. The van der Waals surface area contributed by atoms with E-state index in [1.165, 1.54) is 16.5 Å². The number of hydrogen-bond donors (Lipinski definition) is 1. The molecule has 1 unspecified atom stereocenters. The summed E-state index contributed by atoms with van der Waals surface area (Å²) in [6, 6.07) is 25.6. The molecule has 0 saturated heterocycles. The van der Waals surface area contributed by atoms with Crippen LogP contribution >= 0.6 is 0 Å². The first-order valence-electron chi connectivity index (χ1n) is 11.7. The first-order chi connectivity index (χ1) is 15.9. The van der Waals surface area contributed by atoms with E-state index in [2.05, 4.69) is 91.5 Å². The minimum Gasteiger partial charge on any atom is -0.507 e. The molecule has 0 fully saturated rings. The summed E-state index contributed by atoms with van der Waals surface area (Å²) in [5.41, 5.74) is 6.00. The summed E-state index contributed by atoms with van der Waals surface area (Å²) in [6.07, 6.45) is 1.78. The Morgan fingerprint density at radius 2 is 1.55 bits per heavy atom. The van der Waals surface area contributed by atoms with Crippen molar-refractivity contribution in [1.82, 2.24) is 0 Å². The highest BCUT2D eigenvalue weighted by Crippen LogP contribution is 2.44. The number of phenolic OH excluding ortho intramolecular Hbond substituents is 1. The summed E-state index contributed by atoms with van der Waals surface area (Å²) in [4.78, 5) is 2.39. The highest BCUT2D eigenvalue weighted by atomic mass is 16.5. The van der Waals surface area contributed by atoms with Gasteiger partial charge in [-0.15, -0.1) is 0 Å². The Balaban J connectivity index is 1.59. The van der Waals surface area contributed by atoms with Crippen molar-refractivity contribution < 1.29 is 9.84 Å². The Kier molecular flexibility index (Phi) is 5.28. The Bertz CT molecular complexity index is 1320. The Morgan fingerprint density at radius 1 is 0.848 bits per heavy atom. The van der Waals surface area contributed by atoms with Gasteiger partial charge in [-0.05, 0) is 80.8 Å². The average molecular weight is 438 g/mol. The van der Waals surface area contributed by atoms with Crippen LogP contribution in [0.3, 0.4) is 0 Å². The van der Waals surface area contributed by atoms with Gasteiger partial charge in [0, 0.05) is 22.3 Å². The van der Waals surface area contributed by atoms with E-state index in [9.17, 15) is 5.11 Å². The molecule has 0 amide bonds. The maximum Gasteiger partial charge on any atom is 0.127 e. The lowest BCUT2D eigenvalue weighted by Crippen LogP contribution is -2.46. The van der Waals surface area contributed by atoms with Crippen molar-refractivity contribution in [3.8, 4) is 11.5 Å². The second-order valence-corrected chi connectivity index (χ2v) is 9.50. The van der Waals surface area contributed by atoms with E-state index in [4.69, 9.17) is 4.74 Å². The Labute approximate surface area is 196 Å². The van der Waals surface area contributed by atoms with Gasteiger partial charge in [0.2, 0.25) is 0 Å². The van der Waals surface area contributed by atoms with Crippen molar-refractivity contribution in [3.05, 3.63) is 95.1 Å². The van der Waals surface area contributed by atoms with Gasteiger partial charge < -0.3 is 14.7 Å². The van der Waals surface area contributed by atoms with Crippen molar-refractivity contribution in [1.29, 1.82) is 0 Å². The predicted molar refractivity (Wildman–Crippen MR) is 137 cm³/mol. The first kappa shape index (κ1) is 21.4. The standard InChI is InChI=1S/C30H31NO2/c1-20-21(2)29-25(22(3)28(20)32)17-18-30(4,33-29)19-31(24-13-6-5-7-14-24)27-16-10-12-23-11-8-9-15-26(23)27/h5-16,32H,17-19H2,1-4H3. The van der Waals surface area contributed by atoms with Gasteiger partial charge in [0.1, 0.15) is 17.1 Å². The summed E-state index contributed by atoms with van der Waals surface area (Å²) < 4.78 is 6.80. The van der Waals surface area contributed by atoms with Crippen molar-refractivity contribution >= 4 is 22.1 Å². The lowest BCUT2D eigenvalue weighted by Gasteiger charge is -2.41. The number of para-hydroxylation sites is 1. The van der Waals surface area contributed by atoms with Crippen LogP contribution in [-0.2, 0) is 6.42 Å². The van der Waals surface area contributed by atoms with E-state index in [1.54, 1.807) is 0 Å². The van der Waals surface area contributed by atoms with Gasteiger partial charge >= 0.3 is 0 Å². The van der Waals surface area contributed by atoms with E-state index >= 15 is 0 Å². The predicted octanol–water partition coefficient (Wildman–Crippen LogP) is 7.39. The molecule has 0 saturated carbocycles. The summed E-state index contributed by atoms with van der Waals surface area (Å²) in [5.74, 6) is 1.35. The van der Waals surface area contributed by atoms with Crippen molar-refractivity contribution in [2.45, 2.75) is 46.1 Å². The van der Waals surface area contributed by atoms with Gasteiger partial charge in [-0.25, -0.2) is 0 Å². The largest absolute Gasteiger partial charge is 0.507 e. The zero-order valence-electron chi connectivity index (χ0n) is 19.9. The minimum atomic E-state index is -0.375. The number of rotatable bonds is 4.